The molecule has 0 radical (unpaired) electrons. The van der Waals surface area contributed by atoms with Crippen LogP contribution in [0.5, 0.6) is 0 Å². The number of thiophene rings is 1. The number of ether oxygens (including phenoxy) is 1. The first-order chi connectivity index (χ1) is 12.4. The van der Waals surface area contributed by atoms with Crippen LogP contribution in [0.2, 0.25) is 0 Å². The van der Waals surface area contributed by atoms with Crippen molar-refractivity contribution in [2.75, 3.05) is 38.6 Å². The number of anilines is 1. The third kappa shape index (κ3) is 4.82. The van der Waals surface area contributed by atoms with Crippen LogP contribution in [0.1, 0.15) is 52.3 Å². The number of hydrogen-bond donors (Lipinski definition) is 2. The van der Waals surface area contributed by atoms with Gasteiger partial charge < -0.3 is 15.4 Å². The number of carbonyl (C=O) groups is 3. The summed E-state index contributed by atoms with van der Waals surface area (Å²) in [4.78, 5) is 39.4. The molecule has 0 aliphatic carbocycles. The van der Waals surface area contributed by atoms with Crippen LogP contribution in [0.15, 0.2) is 0 Å². The van der Waals surface area contributed by atoms with E-state index in [0.717, 1.165) is 30.8 Å². The average molecular weight is 381 g/mol. The summed E-state index contributed by atoms with van der Waals surface area (Å²) in [5.74, 6) is -0.425. The first-order valence-corrected chi connectivity index (χ1v) is 9.73. The van der Waals surface area contributed by atoms with Crippen molar-refractivity contribution in [3.05, 3.63) is 16.0 Å². The van der Waals surface area contributed by atoms with Gasteiger partial charge in [0, 0.05) is 13.6 Å². The van der Waals surface area contributed by atoms with Crippen molar-refractivity contribution >= 4 is 34.1 Å². The third-order valence-electron chi connectivity index (χ3n) is 4.42. The van der Waals surface area contributed by atoms with Crippen LogP contribution < -0.4 is 10.6 Å². The first kappa shape index (κ1) is 20.4. The van der Waals surface area contributed by atoms with E-state index in [-0.39, 0.29) is 30.5 Å². The SMILES string of the molecule is CCOC(=O)c1c(NC(=O)CN2CCCC(C)C2)sc(C(=O)NC)c1C. The Morgan fingerprint density at radius 1 is 1.35 bits per heavy atom. The molecule has 26 heavy (non-hydrogen) atoms. The molecule has 1 saturated heterocycles. The lowest BCUT2D eigenvalue weighted by Gasteiger charge is -2.30. The van der Waals surface area contributed by atoms with E-state index in [1.807, 2.05) is 0 Å². The summed E-state index contributed by atoms with van der Waals surface area (Å²) >= 11 is 1.10. The highest BCUT2D eigenvalue weighted by atomic mass is 32.1. The number of hydrogen-bond acceptors (Lipinski definition) is 6. The highest BCUT2D eigenvalue weighted by Gasteiger charge is 2.27. The zero-order chi connectivity index (χ0) is 19.3. The zero-order valence-corrected chi connectivity index (χ0v) is 16.6. The Balaban J connectivity index is 2.19. The van der Waals surface area contributed by atoms with E-state index in [1.54, 1.807) is 13.8 Å². The highest BCUT2D eigenvalue weighted by Crippen LogP contribution is 2.33. The molecule has 1 aliphatic rings. The molecular formula is C18H27N3O4S. The van der Waals surface area contributed by atoms with E-state index in [1.165, 1.54) is 13.5 Å². The summed E-state index contributed by atoms with van der Waals surface area (Å²) in [7, 11) is 1.53. The normalized spacial score (nSPS) is 17.6. The monoisotopic (exact) mass is 381 g/mol. The molecule has 8 heteroatoms. The van der Waals surface area contributed by atoms with Crippen molar-refractivity contribution < 1.29 is 19.1 Å². The zero-order valence-electron chi connectivity index (χ0n) is 15.8. The summed E-state index contributed by atoms with van der Waals surface area (Å²) in [6.07, 6.45) is 2.27. The van der Waals surface area contributed by atoms with Gasteiger partial charge in [-0.1, -0.05) is 6.92 Å². The topological polar surface area (TPSA) is 87.7 Å². The number of piperidine rings is 1. The van der Waals surface area contributed by atoms with Gasteiger partial charge in [0.25, 0.3) is 5.91 Å². The van der Waals surface area contributed by atoms with E-state index in [4.69, 9.17) is 4.74 Å². The molecule has 1 aliphatic heterocycles. The van der Waals surface area contributed by atoms with Gasteiger partial charge >= 0.3 is 5.97 Å². The fourth-order valence-corrected chi connectivity index (χ4v) is 4.34. The van der Waals surface area contributed by atoms with E-state index >= 15 is 0 Å². The molecule has 1 fully saturated rings. The second-order valence-corrected chi connectivity index (χ2v) is 7.61. The highest BCUT2D eigenvalue weighted by molar-refractivity contribution is 7.18. The Morgan fingerprint density at radius 2 is 2.08 bits per heavy atom. The van der Waals surface area contributed by atoms with E-state index in [2.05, 4.69) is 22.5 Å². The maximum Gasteiger partial charge on any atom is 0.341 e. The molecule has 1 atom stereocenters. The van der Waals surface area contributed by atoms with E-state index < -0.39 is 5.97 Å². The number of carbonyl (C=O) groups excluding carboxylic acids is 3. The molecule has 1 aromatic rings. The first-order valence-electron chi connectivity index (χ1n) is 8.92. The van der Waals surface area contributed by atoms with Gasteiger partial charge in [-0.3, -0.25) is 14.5 Å². The minimum absolute atomic E-state index is 0.186. The van der Waals surface area contributed by atoms with Gasteiger partial charge in [-0.05, 0) is 44.7 Å². The van der Waals surface area contributed by atoms with Crippen LogP contribution >= 0.6 is 11.3 Å². The Bertz CT molecular complexity index is 686. The van der Waals surface area contributed by atoms with Crippen molar-refractivity contribution in [3.63, 3.8) is 0 Å². The summed E-state index contributed by atoms with van der Waals surface area (Å²) in [5.41, 5.74) is 0.783. The van der Waals surface area contributed by atoms with Gasteiger partial charge in [-0.2, -0.15) is 0 Å². The molecule has 1 aromatic heterocycles. The van der Waals surface area contributed by atoms with Crippen LogP contribution in [0.25, 0.3) is 0 Å². The minimum Gasteiger partial charge on any atom is -0.462 e. The quantitative estimate of drug-likeness (QED) is 0.738. The molecule has 2 N–H and O–H groups in total. The Hall–Kier alpha value is -1.93. The number of esters is 1. The van der Waals surface area contributed by atoms with Gasteiger partial charge in [0.2, 0.25) is 5.91 Å². The molecule has 2 amide bonds. The fourth-order valence-electron chi connectivity index (χ4n) is 3.18. The van der Waals surface area contributed by atoms with Crippen molar-refractivity contribution in [2.24, 2.45) is 5.92 Å². The summed E-state index contributed by atoms with van der Waals surface area (Å²) in [6.45, 7) is 7.88. The van der Waals surface area contributed by atoms with E-state index in [0.29, 0.717) is 21.4 Å². The number of rotatable bonds is 6. The molecule has 7 nitrogen and oxygen atoms in total. The summed E-state index contributed by atoms with van der Waals surface area (Å²) in [6, 6.07) is 0. The maximum atomic E-state index is 12.5. The molecule has 2 heterocycles. The molecule has 2 rings (SSSR count). The van der Waals surface area contributed by atoms with Gasteiger partial charge in [0.05, 0.1) is 23.6 Å². The number of likely N-dealkylation sites (tertiary alicyclic amines) is 1. The van der Waals surface area contributed by atoms with Gasteiger partial charge in [-0.15, -0.1) is 11.3 Å². The molecule has 144 valence electrons. The Kier molecular flexibility index (Phi) is 7.16. The van der Waals surface area contributed by atoms with Crippen molar-refractivity contribution in [2.45, 2.75) is 33.6 Å². The third-order valence-corrected chi connectivity index (χ3v) is 5.63. The fraction of sp³-hybridized carbons (Fsp3) is 0.611. The lowest BCUT2D eigenvalue weighted by Crippen LogP contribution is -2.39. The minimum atomic E-state index is -0.529. The Morgan fingerprint density at radius 3 is 2.69 bits per heavy atom. The van der Waals surface area contributed by atoms with Gasteiger partial charge in [0.15, 0.2) is 0 Å². The predicted molar refractivity (Wildman–Crippen MR) is 102 cm³/mol. The van der Waals surface area contributed by atoms with Gasteiger partial charge in [-0.25, -0.2) is 4.79 Å². The largest absolute Gasteiger partial charge is 0.462 e. The second kappa shape index (κ2) is 9.14. The Labute approximate surface area is 158 Å². The van der Waals surface area contributed by atoms with E-state index in [9.17, 15) is 14.4 Å². The van der Waals surface area contributed by atoms with Crippen LogP contribution in [0, 0.1) is 12.8 Å². The van der Waals surface area contributed by atoms with Crippen LogP contribution in [0.4, 0.5) is 5.00 Å². The van der Waals surface area contributed by atoms with Crippen LogP contribution in [-0.4, -0.2) is 56.0 Å². The van der Waals surface area contributed by atoms with Crippen LogP contribution in [0.3, 0.4) is 0 Å². The predicted octanol–water partition coefficient (Wildman–Crippen LogP) is 2.26. The van der Waals surface area contributed by atoms with Crippen molar-refractivity contribution in [1.82, 2.24) is 10.2 Å². The second-order valence-electron chi connectivity index (χ2n) is 6.59. The maximum absolute atomic E-state index is 12.5. The lowest BCUT2D eigenvalue weighted by molar-refractivity contribution is -0.117. The molecule has 0 aromatic carbocycles. The van der Waals surface area contributed by atoms with Crippen molar-refractivity contribution in [3.8, 4) is 0 Å². The molecule has 1 unspecified atom stereocenters. The molecule has 0 bridgehead atoms. The number of nitrogens with one attached hydrogen (secondary N) is 2. The lowest BCUT2D eigenvalue weighted by atomic mass is 10.0. The standard InChI is InChI=1S/C18H27N3O4S/c1-5-25-18(24)14-12(3)15(16(23)19-4)26-17(14)20-13(22)10-21-8-6-7-11(2)9-21/h11H,5-10H2,1-4H3,(H,19,23)(H,20,22). The average Bonchev–Trinajstić information content (AvgIpc) is 2.90. The molecule has 0 spiro atoms. The molecule has 0 saturated carbocycles. The van der Waals surface area contributed by atoms with Gasteiger partial charge in [0.1, 0.15) is 5.00 Å². The summed E-state index contributed by atoms with van der Waals surface area (Å²) in [5, 5.41) is 5.74. The molecular weight excluding hydrogens is 354 g/mol. The van der Waals surface area contributed by atoms with Crippen molar-refractivity contribution in [1.29, 1.82) is 0 Å². The number of amides is 2. The summed E-state index contributed by atoms with van der Waals surface area (Å²) < 4.78 is 5.10. The number of nitrogens with zero attached hydrogens (tertiary/aromatic N) is 1. The smallest absolute Gasteiger partial charge is 0.341 e. The van der Waals surface area contributed by atoms with Crippen LogP contribution in [-0.2, 0) is 9.53 Å².